The number of nitro groups is 1. The van der Waals surface area contributed by atoms with E-state index in [1.165, 1.54) is 0 Å². The number of nitriles is 1. The van der Waals surface area contributed by atoms with E-state index in [-0.39, 0.29) is 10.6 Å². The molecule has 3 rings (SSSR count). The van der Waals surface area contributed by atoms with E-state index in [4.69, 9.17) is 5.26 Å². The molecular formula is C18H20N4O2Si. The van der Waals surface area contributed by atoms with Crippen molar-refractivity contribution in [3.63, 3.8) is 0 Å². The molecule has 1 aliphatic heterocycles. The molecule has 0 fully saturated rings. The molecule has 2 heterocycles. The third-order valence-electron chi connectivity index (χ3n) is 5.06. The standard InChI is InChI=1S/C18H20N4O2Si/c1-12-5-6-15(8-16(12)22(23)24)18(25(2,3)4)9-14-7-13(10-19)11-20-17(14)21-18/h5-8,11H,9H2,1-4H3,(H,20,21). The maximum atomic E-state index is 11.4. The van der Waals surface area contributed by atoms with Crippen molar-refractivity contribution >= 4 is 19.6 Å². The minimum atomic E-state index is -1.87. The molecule has 0 aliphatic carbocycles. The van der Waals surface area contributed by atoms with Gasteiger partial charge in [0.05, 0.1) is 23.7 Å². The molecule has 2 aromatic rings. The number of fused-ring (bicyclic) bond motifs is 1. The predicted octanol–water partition coefficient (Wildman–Crippen LogP) is 3.91. The highest BCUT2D eigenvalue weighted by atomic mass is 28.3. The second-order valence-electron chi connectivity index (χ2n) is 7.56. The van der Waals surface area contributed by atoms with E-state index >= 15 is 0 Å². The first kappa shape index (κ1) is 17.1. The highest BCUT2D eigenvalue weighted by molar-refractivity contribution is 6.79. The number of hydrogen-bond acceptors (Lipinski definition) is 5. The van der Waals surface area contributed by atoms with Crippen molar-refractivity contribution in [1.82, 2.24) is 4.98 Å². The smallest absolute Gasteiger partial charge is 0.272 e. The van der Waals surface area contributed by atoms with E-state index in [1.54, 1.807) is 19.2 Å². The van der Waals surface area contributed by atoms with E-state index < -0.39 is 13.2 Å². The Balaban J connectivity index is 2.17. The first-order chi connectivity index (χ1) is 11.7. The van der Waals surface area contributed by atoms with Crippen LogP contribution in [0.25, 0.3) is 0 Å². The lowest BCUT2D eigenvalue weighted by Gasteiger charge is -2.41. The summed E-state index contributed by atoms with van der Waals surface area (Å²) in [7, 11) is -1.87. The second-order valence-corrected chi connectivity index (χ2v) is 12.9. The summed E-state index contributed by atoms with van der Waals surface area (Å²) in [6.45, 7) is 8.47. The maximum absolute atomic E-state index is 11.4. The fraction of sp³-hybridized carbons (Fsp3) is 0.333. The maximum Gasteiger partial charge on any atom is 0.272 e. The molecule has 128 valence electrons. The molecule has 0 spiro atoms. The van der Waals surface area contributed by atoms with Crippen LogP contribution >= 0.6 is 0 Å². The van der Waals surface area contributed by atoms with E-state index in [1.807, 2.05) is 18.2 Å². The lowest BCUT2D eigenvalue weighted by atomic mass is 9.99. The van der Waals surface area contributed by atoms with Gasteiger partial charge in [-0.25, -0.2) is 4.98 Å². The summed E-state index contributed by atoms with van der Waals surface area (Å²) in [6, 6.07) is 9.47. The average Bonchev–Trinajstić information content (AvgIpc) is 2.94. The number of anilines is 1. The number of benzene rings is 1. The van der Waals surface area contributed by atoms with Crippen molar-refractivity contribution in [2.75, 3.05) is 5.32 Å². The Hall–Kier alpha value is -2.72. The molecule has 1 atom stereocenters. The Bertz CT molecular complexity index is 914. The highest BCUT2D eigenvalue weighted by Crippen LogP contribution is 2.45. The number of hydrogen-bond donors (Lipinski definition) is 1. The molecule has 1 aromatic heterocycles. The minimum absolute atomic E-state index is 0.138. The van der Waals surface area contributed by atoms with Crippen molar-refractivity contribution in [2.24, 2.45) is 0 Å². The molecule has 0 bridgehead atoms. The second kappa shape index (κ2) is 5.67. The summed E-state index contributed by atoms with van der Waals surface area (Å²) >= 11 is 0. The normalized spacial score (nSPS) is 19.0. The molecule has 1 aliphatic rings. The Morgan fingerprint density at radius 1 is 1.36 bits per heavy atom. The van der Waals surface area contributed by atoms with Gasteiger partial charge in [-0.3, -0.25) is 10.1 Å². The minimum Gasteiger partial charge on any atom is -0.363 e. The Labute approximate surface area is 147 Å². The van der Waals surface area contributed by atoms with Gasteiger partial charge in [0.1, 0.15) is 11.9 Å². The number of pyridine rings is 1. The van der Waals surface area contributed by atoms with Crippen molar-refractivity contribution in [3.05, 3.63) is 62.8 Å². The van der Waals surface area contributed by atoms with Gasteiger partial charge in [-0.15, -0.1) is 0 Å². The van der Waals surface area contributed by atoms with Crippen LogP contribution in [0.5, 0.6) is 0 Å². The summed E-state index contributed by atoms with van der Waals surface area (Å²) < 4.78 is 0. The van der Waals surface area contributed by atoms with Crippen LogP contribution in [0.2, 0.25) is 19.6 Å². The zero-order chi connectivity index (χ0) is 18.4. The van der Waals surface area contributed by atoms with Crippen LogP contribution in [0.4, 0.5) is 11.5 Å². The molecular weight excluding hydrogens is 332 g/mol. The quantitative estimate of drug-likeness (QED) is 0.513. The Kier molecular flexibility index (Phi) is 3.88. The van der Waals surface area contributed by atoms with Gasteiger partial charge in [0.25, 0.3) is 5.69 Å². The van der Waals surface area contributed by atoms with Crippen molar-refractivity contribution in [1.29, 1.82) is 5.26 Å². The number of nitrogens with zero attached hydrogens (tertiary/aromatic N) is 3. The fourth-order valence-corrected chi connectivity index (χ4v) is 5.72. The van der Waals surface area contributed by atoms with Gasteiger partial charge in [-0.05, 0) is 24.1 Å². The first-order valence-electron chi connectivity index (χ1n) is 8.11. The lowest BCUT2D eigenvalue weighted by molar-refractivity contribution is -0.385. The van der Waals surface area contributed by atoms with Crippen LogP contribution < -0.4 is 5.32 Å². The summed E-state index contributed by atoms with van der Waals surface area (Å²) in [5, 5.41) is 23.7. The predicted molar refractivity (Wildman–Crippen MR) is 99.1 cm³/mol. The Morgan fingerprint density at radius 3 is 2.68 bits per heavy atom. The summed E-state index contributed by atoms with van der Waals surface area (Å²) in [5.74, 6) is 0.768. The molecule has 0 saturated heterocycles. The van der Waals surface area contributed by atoms with Crippen molar-refractivity contribution in [3.8, 4) is 6.07 Å². The van der Waals surface area contributed by atoms with Gasteiger partial charge in [0.2, 0.25) is 0 Å². The van der Waals surface area contributed by atoms with Crippen LogP contribution in [0.15, 0.2) is 30.5 Å². The zero-order valence-electron chi connectivity index (χ0n) is 14.8. The van der Waals surface area contributed by atoms with Crippen LogP contribution in [-0.2, 0) is 11.6 Å². The lowest BCUT2D eigenvalue weighted by Crippen LogP contribution is -2.54. The number of aromatic nitrogens is 1. The van der Waals surface area contributed by atoms with Crippen LogP contribution in [0.3, 0.4) is 0 Å². The van der Waals surface area contributed by atoms with Gasteiger partial charge in [0, 0.05) is 24.2 Å². The molecule has 0 amide bonds. The molecule has 6 nitrogen and oxygen atoms in total. The van der Waals surface area contributed by atoms with Gasteiger partial charge < -0.3 is 5.32 Å². The Morgan fingerprint density at radius 2 is 2.08 bits per heavy atom. The first-order valence-corrected chi connectivity index (χ1v) is 11.6. The number of aryl methyl sites for hydroxylation is 1. The zero-order valence-corrected chi connectivity index (χ0v) is 15.8. The monoisotopic (exact) mass is 352 g/mol. The highest BCUT2D eigenvalue weighted by Gasteiger charge is 2.49. The van der Waals surface area contributed by atoms with Crippen molar-refractivity contribution in [2.45, 2.75) is 38.1 Å². The van der Waals surface area contributed by atoms with Gasteiger partial charge in [0.15, 0.2) is 0 Å². The van der Waals surface area contributed by atoms with Crippen LogP contribution in [0.1, 0.15) is 22.3 Å². The van der Waals surface area contributed by atoms with Gasteiger partial charge in [-0.1, -0.05) is 31.8 Å². The van der Waals surface area contributed by atoms with Gasteiger partial charge >= 0.3 is 0 Å². The molecule has 0 saturated carbocycles. The van der Waals surface area contributed by atoms with Gasteiger partial charge in [-0.2, -0.15) is 5.26 Å². The average molecular weight is 352 g/mol. The van der Waals surface area contributed by atoms with E-state index in [9.17, 15) is 10.1 Å². The van der Waals surface area contributed by atoms with E-state index in [0.29, 0.717) is 17.5 Å². The number of nitro benzene ring substituents is 1. The third kappa shape index (κ3) is 2.68. The summed E-state index contributed by atoms with van der Waals surface area (Å²) in [4.78, 5) is 15.5. The number of nitrogens with one attached hydrogen (secondary N) is 1. The molecule has 0 radical (unpaired) electrons. The van der Waals surface area contributed by atoms with Crippen LogP contribution in [0, 0.1) is 28.4 Å². The fourth-order valence-electron chi connectivity index (χ4n) is 3.48. The molecule has 25 heavy (non-hydrogen) atoms. The molecule has 1 N–H and O–H groups in total. The summed E-state index contributed by atoms with van der Waals surface area (Å²) in [5.41, 5.74) is 3.23. The molecule has 1 unspecified atom stereocenters. The van der Waals surface area contributed by atoms with E-state index in [0.717, 1.165) is 16.9 Å². The molecule has 1 aromatic carbocycles. The largest absolute Gasteiger partial charge is 0.363 e. The van der Waals surface area contributed by atoms with Crippen molar-refractivity contribution < 1.29 is 4.92 Å². The topological polar surface area (TPSA) is 91.8 Å². The van der Waals surface area contributed by atoms with E-state index in [2.05, 4.69) is 36.0 Å². The SMILES string of the molecule is Cc1ccc(C2([Si](C)(C)C)Cc3cc(C#N)cnc3N2)cc1[N+](=O)[O-]. The summed E-state index contributed by atoms with van der Waals surface area (Å²) in [6.07, 6.45) is 2.24. The third-order valence-corrected chi connectivity index (χ3v) is 8.21. The van der Waals surface area contributed by atoms with Crippen LogP contribution in [-0.4, -0.2) is 18.0 Å². The molecule has 7 heteroatoms. The number of rotatable bonds is 3.